The fourth-order valence-electron chi connectivity index (χ4n) is 3.17. The molecular weight excluding hydrogens is 368 g/mol. The number of esters is 1. The summed E-state index contributed by atoms with van der Waals surface area (Å²) in [6.07, 6.45) is 3.64. The predicted molar refractivity (Wildman–Crippen MR) is 99.7 cm³/mol. The van der Waals surface area contributed by atoms with Crippen LogP contribution in [0.2, 0.25) is 5.02 Å². The van der Waals surface area contributed by atoms with Crippen molar-refractivity contribution in [1.29, 1.82) is 0 Å². The molecule has 0 amide bonds. The number of benzene rings is 1. The molecule has 8 heteroatoms. The summed E-state index contributed by atoms with van der Waals surface area (Å²) in [5.41, 5.74) is 3.19. The molecule has 0 spiro atoms. The van der Waals surface area contributed by atoms with Gasteiger partial charge in [0.1, 0.15) is 23.4 Å². The zero-order chi connectivity index (χ0) is 18.8. The second kappa shape index (κ2) is 7.36. The topological polar surface area (TPSA) is 81.4 Å². The van der Waals surface area contributed by atoms with Crippen LogP contribution >= 0.6 is 11.6 Å². The van der Waals surface area contributed by atoms with Crippen LogP contribution in [0.1, 0.15) is 28.5 Å². The first-order chi connectivity index (χ1) is 13.2. The predicted octanol–water partition coefficient (Wildman–Crippen LogP) is 3.52. The molecule has 3 aromatic rings. The lowest BCUT2D eigenvalue weighted by Crippen LogP contribution is -2.32. The van der Waals surface area contributed by atoms with Gasteiger partial charge < -0.3 is 14.2 Å². The van der Waals surface area contributed by atoms with Gasteiger partial charge in [-0.05, 0) is 37.6 Å². The van der Waals surface area contributed by atoms with Crippen LogP contribution in [-0.2, 0) is 17.7 Å². The zero-order valence-electron chi connectivity index (χ0n) is 14.7. The molecule has 0 unspecified atom stereocenters. The van der Waals surface area contributed by atoms with Crippen LogP contribution in [0.15, 0.2) is 41.3 Å². The van der Waals surface area contributed by atoms with E-state index < -0.39 is 5.97 Å². The van der Waals surface area contributed by atoms with E-state index in [4.69, 9.17) is 20.9 Å². The number of aromatic nitrogens is 3. The number of rotatable bonds is 4. The molecule has 3 heterocycles. The fraction of sp³-hybridized carbons (Fsp3) is 0.263. The molecule has 1 aliphatic rings. The van der Waals surface area contributed by atoms with Gasteiger partial charge in [0.25, 0.3) is 0 Å². The van der Waals surface area contributed by atoms with Gasteiger partial charge in [-0.1, -0.05) is 16.8 Å². The van der Waals surface area contributed by atoms with Crippen LogP contribution in [-0.4, -0.2) is 34.2 Å². The van der Waals surface area contributed by atoms with Crippen molar-refractivity contribution < 1.29 is 14.1 Å². The minimum absolute atomic E-state index is 0.297. The van der Waals surface area contributed by atoms with Crippen LogP contribution in [0.5, 0.6) is 0 Å². The number of halogens is 1. The maximum absolute atomic E-state index is 12.2. The minimum atomic E-state index is -0.430. The molecular formula is C19H17ClN4O3. The lowest BCUT2D eigenvalue weighted by Gasteiger charge is -2.28. The number of carbonyl (C=O) groups excluding carboxylic acids is 1. The van der Waals surface area contributed by atoms with Gasteiger partial charge in [0.05, 0.1) is 13.2 Å². The van der Waals surface area contributed by atoms with E-state index in [-0.39, 0.29) is 0 Å². The van der Waals surface area contributed by atoms with E-state index in [1.165, 1.54) is 12.5 Å². The van der Waals surface area contributed by atoms with Crippen molar-refractivity contribution in [2.24, 2.45) is 0 Å². The molecule has 1 aliphatic heterocycles. The minimum Gasteiger partial charge on any atom is -0.462 e. The Morgan fingerprint density at radius 1 is 1.33 bits per heavy atom. The zero-order valence-corrected chi connectivity index (χ0v) is 15.4. The molecule has 2 aromatic heterocycles. The monoisotopic (exact) mass is 384 g/mol. The number of carbonyl (C=O) groups is 1. The summed E-state index contributed by atoms with van der Waals surface area (Å²) < 4.78 is 10.7. The molecule has 0 bridgehead atoms. The Bertz CT molecular complexity index is 971. The third-order valence-electron chi connectivity index (χ3n) is 4.43. The smallest absolute Gasteiger partial charge is 0.343 e. The highest BCUT2D eigenvalue weighted by Crippen LogP contribution is 2.32. The molecule has 138 valence electrons. The third kappa shape index (κ3) is 3.38. The molecule has 0 saturated carbocycles. The van der Waals surface area contributed by atoms with E-state index in [1.807, 2.05) is 29.2 Å². The van der Waals surface area contributed by atoms with E-state index >= 15 is 0 Å². The highest BCUT2D eigenvalue weighted by Gasteiger charge is 2.28. The van der Waals surface area contributed by atoms with Crippen molar-refractivity contribution >= 4 is 23.4 Å². The fourth-order valence-corrected chi connectivity index (χ4v) is 3.29. The molecule has 0 atom stereocenters. The van der Waals surface area contributed by atoms with Gasteiger partial charge >= 0.3 is 5.97 Å². The van der Waals surface area contributed by atoms with Gasteiger partial charge in [-0.15, -0.1) is 0 Å². The van der Waals surface area contributed by atoms with E-state index in [2.05, 4.69) is 15.1 Å². The number of ether oxygens (including phenoxy) is 1. The summed E-state index contributed by atoms with van der Waals surface area (Å²) in [6.45, 7) is 3.24. The Balaban J connectivity index is 1.62. The van der Waals surface area contributed by atoms with Gasteiger partial charge in [0.15, 0.2) is 5.76 Å². The third-order valence-corrected chi connectivity index (χ3v) is 4.69. The molecule has 7 nitrogen and oxygen atoms in total. The van der Waals surface area contributed by atoms with E-state index in [0.29, 0.717) is 36.1 Å². The summed E-state index contributed by atoms with van der Waals surface area (Å²) >= 11 is 5.96. The number of hydrogen-bond acceptors (Lipinski definition) is 7. The number of hydrogen-bond donors (Lipinski definition) is 0. The Labute approximate surface area is 160 Å². The number of nitrogens with zero attached hydrogens (tertiary/aromatic N) is 4. The number of fused-ring (bicyclic) bond motifs is 1. The summed E-state index contributed by atoms with van der Waals surface area (Å²) in [5.74, 6) is 0.876. The Morgan fingerprint density at radius 3 is 2.93 bits per heavy atom. The highest BCUT2D eigenvalue weighted by atomic mass is 35.5. The lowest BCUT2D eigenvalue weighted by molar-refractivity contribution is 0.0526. The van der Waals surface area contributed by atoms with Gasteiger partial charge in [-0.25, -0.2) is 14.8 Å². The summed E-state index contributed by atoms with van der Waals surface area (Å²) in [5, 5.41) is 4.91. The first-order valence-electron chi connectivity index (χ1n) is 8.62. The number of anilines is 1. The largest absolute Gasteiger partial charge is 0.462 e. The first kappa shape index (κ1) is 17.5. The normalized spacial score (nSPS) is 13.3. The van der Waals surface area contributed by atoms with Crippen molar-refractivity contribution in [2.75, 3.05) is 18.1 Å². The highest BCUT2D eigenvalue weighted by molar-refractivity contribution is 6.30. The van der Waals surface area contributed by atoms with Gasteiger partial charge in [-0.2, -0.15) is 0 Å². The average Bonchev–Trinajstić information content (AvgIpc) is 3.12. The van der Waals surface area contributed by atoms with Crippen LogP contribution in [0.3, 0.4) is 0 Å². The molecule has 0 N–H and O–H groups in total. The lowest BCUT2D eigenvalue weighted by atomic mass is 10.0. The summed E-state index contributed by atoms with van der Waals surface area (Å²) in [6, 6.07) is 7.48. The summed E-state index contributed by atoms with van der Waals surface area (Å²) in [7, 11) is 0. The van der Waals surface area contributed by atoms with E-state index in [0.717, 1.165) is 29.0 Å². The van der Waals surface area contributed by atoms with E-state index in [9.17, 15) is 4.79 Å². The summed E-state index contributed by atoms with van der Waals surface area (Å²) in [4.78, 5) is 22.4. The SMILES string of the molecule is CCOC(=O)c1cncnc1N1CCc2c(noc2-c2ccc(Cl)cc2)C1. The standard InChI is InChI=1S/C19H17ClN4O3/c1-2-26-19(25)15-9-21-11-22-18(15)24-8-7-14-16(10-24)23-27-17(14)12-3-5-13(20)6-4-12/h3-6,9,11H,2,7-8,10H2,1H3. The molecule has 0 radical (unpaired) electrons. The Morgan fingerprint density at radius 2 is 2.15 bits per heavy atom. The molecule has 0 fully saturated rings. The molecule has 1 aromatic carbocycles. The molecule has 27 heavy (non-hydrogen) atoms. The molecule has 4 rings (SSSR count). The van der Waals surface area contributed by atoms with Gasteiger partial charge in [0.2, 0.25) is 0 Å². The molecule has 0 saturated heterocycles. The second-order valence-electron chi connectivity index (χ2n) is 6.10. The average molecular weight is 385 g/mol. The quantitative estimate of drug-likeness (QED) is 0.636. The second-order valence-corrected chi connectivity index (χ2v) is 6.53. The van der Waals surface area contributed by atoms with Crippen LogP contribution in [0.25, 0.3) is 11.3 Å². The maximum atomic E-state index is 12.2. The Kier molecular flexibility index (Phi) is 4.77. The van der Waals surface area contributed by atoms with Gasteiger partial charge in [0, 0.05) is 28.9 Å². The van der Waals surface area contributed by atoms with Crippen molar-refractivity contribution in [1.82, 2.24) is 15.1 Å². The van der Waals surface area contributed by atoms with Crippen molar-refractivity contribution in [3.8, 4) is 11.3 Å². The Hall–Kier alpha value is -2.93. The maximum Gasteiger partial charge on any atom is 0.343 e. The molecule has 0 aliphatic carbocycles. The van der Waals surface area contributed by atoms with Crippen LogP contribution < -0.4 is 4.90 Å². The first-order valence-corrected chi connectivity index (χ1v) is 9.00. The van der Waals surface area contributed by atoms with Crippen molar-refractivity contribution in [2.45, 2.75) is 19.9 Å². The van der Waals surface area contributed by atoms with Crippen molar-refractivity contribution in [3.05, 3.63) is 58.6 Å². The van der Waals surface area contributed by atoms with Crippen LogP contribution in [0, 0.1) is 0 Å². The van der Waals surface area contributed by atoms with E-state index in [1.54, 1.807) is 6.92 Å². The van der Waals surface area contributed by atoms with Gasteiger partial charge in [-0.3, -0.25) is 0 Å². The van der Waals surface area contributed by atoms with Crippen molar-refractivity contribution in [3.63, 3.8) is 0 Å². The van der Waals surface area contributed by atoms with Crippen LogP contribution in [0.4, 0.5) is 5.82 Å².